The van der Waals surface area contributed by atoms with Crippen molar-refractivity contribution in [3.63, 3.8) is 0 Å². The van der Waals surface area contributed by atoms with Crippen LogP contribution in [0.25, 0.3) is 0 Å². The van der Waals surface area contributed by atoms with Gasteiger partial charge in [0.25, 0.3) is 5.91 Å². The SMILES string of the molecule is CC1CN(C(=O)c2cncc(Cl)n2)CC(CO)O1. The van der Waals surface area contributed by atoms with Gasteiger partial charge in [-0.3, -0.25) is 9.78 Å². The van der Waals surface area contributed by atoms with E-state index < -0.39 is 0 Å². The van der Waals surface area contributed by atoms with Gasteiger partial charge in [-0.15, -0.1) is 0 Å². The highest BCUT2D eigenvalue weighted by molar-refractivity contribution is 6.29. The molecule has 1 saturated heterocycles. The van der Waals surface area contributed by atoms with Crippen LogP contribution in [0.15, 0.2) is 12.4 Å². The normalized spacial score (nSPS) is 24.1. The summed E-state index contributed by atoms with van der Waals surface area (Å²) in [5.41, 5.74) is 0.202. The summed E-state index contributed by atoms with van der Waals surface area (Å²) in [6, 6.07) is 0. The number of amides is 1. The Morgan fingerprint density at radius 1 is 1.61 bits per heavy atom. The van der Waals surface area contributed by atoms with Gasteiger partial charge in [-0.05, 0) is 6.92 Å². The quantitative estimate of drug-likeness (QED) is 0.840. The lowest BCUT2D eigenvalue weighted by molar-refractivity contribution is -0.0859. The zero-order valence-corrected chi connectivity index (χ0v) is 10.7. The Labute approximate surface area is 110 Å². The molecule has 0 radical (unpaired) electrons. The summed E-state index contributed by atoms with van der Waals surface area (Å²) in [6.45, 7) is 2.54. The van der Waals surface area contributed by atoms with E-state index in [2.05, 4.69) is 9.97 Å². The molecular formula is C11H14ClN3O3. The number of morpholine rings is 1. The van der Waals surface area contributed by atoms with Crippen molar-refractivity contribution >= 4 is 17.5 Å². The minimum Gasteiger partial charge on any atom is -0.394 e. The number of aliphatic hydroxyl groups excluding tert-OH is 1. The van der Waals surface area contributed by atoms with E-state index in [9.17, 15) is 4.79 Å². The number of rotatable bonds is 2. The van der Waals surface area contributed by atoms with Crippen LogP contribution in [0.4, 0.5) is 0 Å². The number of aliphatic hydroxyl groups is 1. The van der Waals surface area contributed by atoms with Crippen molar-refractivity contribution < 1.29 is 14.6 Å². The molecule has 6 nitrogen and oxygen atoms in total. The Bertz CT molecular complexity index is 443. The number of ether oxygens (including phenoxy) is 1. The molecule has 0 saturated carbocycles. The summed E-state index contributed by atoms with van der Waals surface area (Å²) in [5, 5.41) is 9.29. The molecule has 18 heavy (non-hydrogen) atoms. The van der Waals surface area contributed by atoms with Crippen LogP contribution in [0, 0.1) is 0 Å². The Morgan fingerprint density at radius 3 is 3.06 bits per heavy atom. The van der Waals surface area contributed by atoms with Gasteiger partial charge in [-0.25, -0.2) is 4.98 Å². The highest BCUT2D eigenvalue weighted by atomic mass is 35.5. The van der Waals surface area contributed by atoms with E-state index in [4.69, 9.17) is 21.4 Å². The van der Waals surface area contributed by atoms with Gasteiger partial charge < -0.3 is 14.7 Å². The maximum absolute atomic E-state index is 12.2. The molecule has 2 unspecified atom stereocenters. The first-order valence-corrected chi connectivity index (χ1v) is 6.01. The first kappa shape index (κ1) is 13.2. The molecule has 7 heteroatoms. The molecule has 2 rings (SSSR count). The van der Waals surface area contributed by atoms with Gasteiger partial charge in [-0.2, -0.15) is 0 Å². The van der Waals surface area contributed by atoms with Gasteiger partial charge in [0.15, 0.2) is 0 Å². The van der Waals surface area contributed by atoms with Gasteiger partial charge in [0.2, 0.25) is 0 Å². The van der Waals surface area contributed by atoms with E-state index in [-0.39, 0.29) is 35.6 Å². The zero-order valence-electron chi connectivity index (χ0n) is 9.91. The lowest BCUT2D eigenvalue weighted by Crippen LogP contribution is -2.50. The van der Waals surface area contributed by atoms with Crippen molar-refractivity contribution in [1.82, 2.24) is 14.9 Å². The highest BCUT2D eigenvalue weighted by Gasteiger charge is 2.29. The Morgan fingerprint density at radius 2 is 2.39 bits per heavy atom. The minimum absolute atomic E-state index is 0.116. The van der Waals surface area contributed by atoms with Crippen LogP contribution < -0.4 is 0 Å². The maximum atomic E-state index is 12.2. The molecule has 1 aliphatic rings. The number of hydrogen-bond acceptors (Lipinski definition) is 5. The van der Waals surface area contributed by atoms with Crippen LogP contribution in [-0.4, -0.2) is 57.8 Å². The molecular weight excluding hydrogens is 258 g/mol. The minimum atomic E-state index is -0.357. The smallest absolute Gasteiger partial charge is 0.274 e. The molecule has 2 heterocycles. The second-order valence-corrected chi connectivity index (χ2v) is 4.58. The summed E-state index contributed by atoms with van der Waals surface area (Å²) < 4.78 is 5.47. The summed E-state index contributed by atoms with van der Waals surface area (Å²) in [4.78, 5) is 21.5. The number of hydrogen-bond donors (Lipinski definition) is 1. The summed E-state index contributed by atoms with van der Waals surface area (Å²) >= 11 is 5.70. The van der Waals surface area contributed by atoms with Crippen molar-refractivity contribution in [2.24, 2.45) is 0 Å². The first-order chi connectivity index (χ1) is 8.60. The van der Waals surface area contributed by atoms with Crippen molar-refractivity contribution in [1.29, 1.82) is 0 Å². The number of nitrogens with zero attached hydrogens (tertiary/aromatic N) is 3. The van der Waals surface area contributed by atoms with Crippen molar-refractivity contribution in [2.45, 2.75) is 19.1 Å². The Balaban J connectivity index is 2.13. The van der Waals surface area contributed by atoms with Crippen LogP contribution in [0.5, 0.6) is 0 Å². The Hall–Kier alpha value is -1.24. The van der Waals surface area contributed by atoms with Crippen LogP contribution in [-0.2, 0) is 4.74 Å². The van der Waals surface area contributed by atoms with Gasteiger partial charge in [-0.1, -0.05) is 11.6 Å². The number of aromatic nitrogens is 2. The lowest BCUT2D eigenvalue weighted by atomic mass is 10.2. The van der Waals surface area contributed by atoms with Gasteiger partial charge in [0, 0.05) is 13.1 Å². The molecule has 0 bridgehead atoms. The van der Waals surface area contributed by atoms with E-state index in [1.54, 1.807) is 4.90 Å². The third-order valence-electron chi connectivity index (χ3n) is 2.64. The second kappa shape index (κ2) is 5.60. The van der Waals surface area contributed by atoms with Gasteiger partial charge in [0.1, 0.15) is 10.8 Å². The predicted octanol–water partition coefficient (Wildman–Crippen LogP) is 0.352. The fourth-order valence-electron chi connectivity index (χ4n) is 1.92. The molecule has 1 aromatic heterocycles. The molecule has 1 amide bonds. The van der Waals surface area contributed by atoms with Gasteiger partial charge >= 0.3 is 0 Å². The van der Waals surface area contributed by atoms with Crippen molar-refractivity contribution in [2.75, 3.05) is 19.7 Å². The standard InChI is InChI=1S/C11H14ClN3O3/c1-7-4-15(5-8(6-16)18-7)11(17)9-2-13-3-10(12)14-9/h2-3,7-8,16H,4-6H2,1H3. The zero-order chi connectivity index (χ0) is 13.1. The number of carbonyl (C=O) groups is 1. The van der Waals surface area contributed by atoms with Crippen LogP contribution in [0.3, 0.4) is 0 Å². The highest BCUT2D eigenvalue weighted by Crippen LogP contribution is 2.14. The van der Waals surface area contributed by atoms with E-state index in [1.807, 2.05) is 6.92 Å². The van der Waals surface area contributed by atoms with E-state index >= 15 is 0 Å². The first-order valence-electron chi connectivity index (χ1n) is 5.63. The molecule has 0 spiro atoms. The van der Waals surface area contributed by atoms with Crippen LogP contribution in [0.2, 0.25) is 5.15 Å². The predicted molar refractivity (Wildman–Crippen MR) is 64.4 cm³/mol. The lowest BCUT2D eigenvalue weighted by Gasteiger charge is -2.35. The second-order valence-electron chi connectivity index (χ2n) is 4.19. The van der Waals surface area contributed by atoms with Gasteiger partial charge in [0.05, 0.1) is 31.2 Å². The van der Waals surface area contributed by atoms with E-state index in [1.165, 1.54) is 12.4 Å². The maximum Gasteiger partial charge on any atom is 0.274 e. The topological polar surface area (TPSA) is 75.6 Å². The monoisotopic (exact) mass is 271 g/mol. The summed E-state index contributed by atoms with van der Waals surface area (Å²) in [5.74, 6) is -0.251. The number of halogens is 1. The molecule has 1 N–H and O–H groups in total. The summed E-state index contributed by atoms with van der Waals surface area (Å²) in [7, 11) is 0. The average Bonchev–Trinajstić information content (AvgIpc) is 2.37. The third kappa shape index (κ3) is 2.95. The summed E-state index contributed by atoms with van der Waals surface area (Å²) in [6.07, 6.45) is 2.27. The van der Waals surface area contributed by atoms with E-state index in [0.29, 0.717) is 13.1 Å². The largest absolute Gasteiger partial charge is 0.394 e. The molecule has 1 aliphatic heterocycles. The third-order valence-corrected chi connectivity index (χ3v) is 2.82. The van der Waals surface area contributed by atoms with E-state index in [0.717, 1.165) is 0 Å². The fourth-order valence-corrected chi connectivity index (χ4v) is 2.07. The van der Waals surface area contributed by atoms with Crippen molar-refractivity contribution in [3.8, 4) is 0 Å². The van der Waals surface area contributed by atoms with Crippen LogP contribution >= 0.6 is 11.6 Å². The van der Waals surface area contributed by atoms with Crippen molar-refractivity contribution in [3.05, 3.63) is 23.2 Å². The number of carbonyl (C=O) groups excluding carboxylic acids is 1. The molecule has 1 fully saturated rings. The molecule has 0 aliphatic carbocycles. The van der Waals surface area contributed by atoms with Crippen LogP contribution in [0.1, 0.15) is 17.4 Å². The molecule has 0 aromatic carbocycles. The molecule has 98 valence electrons. The molecule has 2 atom stereocenters. The Kier molecular flexibility index (Phi) is 4.11. The molecule has 1 aromatic rings. The fraction of sp³-hybridized carbons (Fsp3) is 0.545. The average molecular weight is 272 g/mol.